The number of aromatic nitrogens is 1. The van der Waals surface area contributed by atoms with E-state index in [0.717, 1.165) is 25.4 Å². The number of ether oxygens (including phenoxy) is 1. The zero-order valence-corrected chi connectivity index (χ0v) is 12.9. The number of hydrogen-bond donors (Lipinski definition) is 1. The van der Waals surface area contributed by atoms with Gasteiger partial charge in [0.05, 0.1) is 12.7 Å². The fourth-order valence-corrected chi connectivity index (χ4v) is 3.33. The van der Waals surface area contributed by atoms with Crippen LogP contribution in [0.15, 0.2) is 12.1 Å². The van der Waals surface area contributed by atoms with Crippen molar-refractivity contribution in [2.75, 3.05) is 26.2 Å². The van der Waals surface area contributed by atoms with Gasteiger partial charge in [0, 0.05) is 30.4 Å². The molecule has 1 N–H and O–H groups in total. The molecule has 2 unspecified atom stereocenters. The molecule has 0 saturated carbocycles. The van der Waals surface area contributed by atoms with Gasteiger partial charge < -0.3 is 10.1 Å². The minimum Gasteiger partial charge on any atom is -0.373 e. The van der Waals surface area contributed by atoms with E-state index in [2.05, 4.69) is 15.2 Å². The lowest BCUT2D eigenvalue weighted by molar-refractivity contribution is -0.0461. The van der Waals surface area contributed by atoms with Crippen molar-refractivity contribution in [1.82, 2.24) is 15.2 Å². The summed E-state index contributed by atoms with van der Waals surface area (Å²) in [6, 6.07) is 3.90. The van der Waals surface area contributed by atoms with Crippen LogP contribution in [0, 0.1) is 6.92 Å². The van der Waals surface area contributed by atoms with Crippen LogP contribution in [0.25, 0.3) is 0 Å². The van der Waals surface area contributed by atoms with Gasteiger partial charge in [0.15, 0.2) is 0 Å². The van der Waals surface area contributed by atoms with Gasteiger partial charge in [0.1, 0.15) is 5.15 Å². The van der Waals surface area contributed by atoms with E-state index in [4.69, 9.17) is 16.3 Å². The summed E-state index contributed by atoms with van der Waals surface area (Å²) in [6.45, 7) is 5.18. The average Bonchev–Trinajstić information content (AvgIpc) is 2.91. The van der Waals surface area contributed by atoms with E-state index >= 15 is 0 Å². The van der Waals surface area contributed by atoms with Crippen molar-refractivity contribution >= 4 is 17.5 Å². The van der Waals surface area contributed by atoms with Gasteiger partial charge in [0.25, 0.3) is 5.91 Å². The minimum absolute atomic E-state index is 0.0710. The highest BCUT2D eigenvalue weighted by Crippen LogP contribution is 2.22. The molecule has 1 aromatic rings. The second-order valence-corrected chi connectivity index (χ2v) is 6.16. The lowest BCUT2D eigenvalue weighted by Crippen LogP contribution is -2.50. The molecule has 21 heavy (non-hydrogen) atoms. The standard InChI is InChI=1S/C15H20ClN3O2/c1-10-5-11(6-14(16)18-10)15(20)17-7-13-8-19-4-2-3-12(19)9-21-13/h5-6,12-13H,2-4,7-9H2,1H3,(H,17,20). The molecule has 114 valence electrons. The first-order valence-corrected chi connectivity index (χ1v) is 7.77. The maximum atomic E-state index is 12.2. The molecule has 2 saturated heterocycles. The highest BCUT2D eigenvalue weighted by Gasteiger charge is 2.32. The van der Waals surface area contributed by atoms with Crippen molar-refractivity contribution in [2.45, 2.75) is 31.9 Å². The summed E-state index contributed by atoms with van der Waals surface area (Å²) in [5.41, 5.74) is 1.28. The Morgan fingerprint density at radius 3 is 3.24 bits per heavy atom. The third-order valence-electron chi connectivity index (χ3n) is 4.14. The lowest BCUT2D eigenvalue weighted by Gasteiger charge is -2.35. The van der Waals surface area contributed by atoms with E-state index in [1.165, 1.54) is 12.8 Å². The average molecular weight is 310 g/mol. The highest BCUT2D eigenvalue weighted by atomic mass is 35.5. The zero-order valence-electron chi connectivity index (χ0n) is 12.1. The predicted octanol–water partition coefficient (Wildman–Crippen LogP) is 1.64. The van der Waals surface area contributed by atoms with Crippen LogP contribution in [0.2, 0.25) is 5.15 Å². The molecule has 0 radical (unpaired) electrons. The summed E-state index contributed by atoms with van der Waals surface area (Å²) in [7, 11) is 0. The van der Waals surface area contributed by atoms with Gasteiger partial charge in [-0.1, -0.05) is 11.6 Å². The summed E-state index contributed by atoms with van der Waals surface area (Å²) in [5, 5.41) is 3.27. The summed E-state index contributed by atoms with van der Waals surface area (Å²) in [6.07, 6.45) is 2.55. The first-order chi connectivity index (χ1) is 10.1. The number of nitrogens with one attached hydrogen (secondary N) is 1. The number of hydrogen-bond acceptors (Lipinski definition) is 4. The Bertz CT molecular complexity index is 517. The Hall–Kier alpha value is -1.17. The van der Waals surface area contributed by atoms with E-state index in [-0.39, 0.29) is 12.0 Å². The molecule has 0 bridgehead atoms. The second kappa shape index (κ2) is 6.30. The Balaban J connectivity index is 1.53. The molecule has 0 aliphatic carbocycles. The van der Waals surface area contributed by atoms with Gasteiger partial charge in [-0.25, -0.2) is 4.98 Å². The van der Waals surface area contributed by atoms with Gasteiger partial charge in [-0.2, -0.15) is 0 Å². The van der Waals surface area contributed by atoms with Crippen molar-refractivity contribution < 1.29 is 9.53 Å². The molecule has 2 atom stereocenters. The van der Waals surface area contributed by atoms with Crippen LogP contribution in [0.3, 0.4) is 0 Å². The van der Waals surface area contributed by atoms with Gasteiger partial charge in [0.2, 0.25) is 0 Å². The van der Waals surface area contributed by atoms with Crippen molar-refractivity contribution in [3.8, 4) is 0 Å². The summed E-state index contributed by atoms with van der Waals surface area (Å²) < 4.78 is 5.83. The summed E-state index contributed by atoms with van der Waals surface area (Å²) in [5.74, 6) is -0.130. The number of halogens is 1. The molecular formula is C15H20ClN3O2. The van der Waals surface area contributed by atoms with Gasteiger partial charge in [-0.15, -0.1) is 0 Å². The van der Waals surface area contributed by atoms with Gasteiger partial charge in [-0.05, 0) is 38.4 Å². The maximum Gasteiger partial charge on any atom is 0.251 e. The Labute approximate surface area is 129 Å². The first kappa shape index (κ1) is 14.8. The van der Waals surface area contributed by atoms with Crippen LogP contribution < -0.4 is 5.32 Å². The van der Waals surface area contributed by atoms with Crippen LogP contribution >= 0.6 is 11.6 Å². The molecule has 3 rings (SSSR count). The highest BCUT2D eigenvalue weighted by molar-refractivity contribution is 6.29. The molecule has 3 heterocycles. The largest absolute Gasteiger partial charge is 0.373 e. The lowest BCUT2D eigenvalue weighted by atomic mass is 10.2. The molecular weight excluding hydrogens is 290 g/mol. The molecule has 5 nitrogen and oxygen atoms in total. The fraction of sp³-hybridized carbons (Fsp3) is 0.600. The first-order valence-electron chi connectivity index (χ1n) is 7.40. The number of carbonyl (C=O) groups excluding carboxylic acids is 1. The number of amides is 1. The van der Waals surface area contributed by atoms with Crippen molar-refractivity contribution in [3.63, 3.8) is 0 Å². The zero-order chi connectivity index (χ0) is 14.8. The SMILES string of the molecule is Cc1cc(C(=O)NCC2CN3CCCC3CO2)cc(Cl)n1. The van der Waals surface area contributed by atoms with Crippen molar-refractivity contribution in [3.05, 3.63) is 28.5 Å². The summed E-state index contributed by atoms with van der Waals surface area (Å²) in [4.78, 5) is 18.7. The maximum absolute atomic E-state index is 12.2. The normalized spacial score (nSPS) is 25.6. The van der Waals surface area contributed by atoms with Crippen LogP contribution in [0.5, 0.6) is 0 Å². The molecule has 2 aliphatic rings. The van der Waals surface area contributed by atoms with Crippen LogP contribution in [-0.2, 0) is 4.74 Å². The topological polar surface area (TPSA) is 54.5 Å². The van der Waals surface area contributed by atoms with Crippen LogP contribution in [0.4, 0.5) is 0 Å². The third kappa shape index (κ3) is 3.54. The fourth-order valence-electron chi connectivity index (χ4n) is 3.08. The number of aryl methyl sites for hydroxylation is 1. The van der Waals surface area contributed by atoms with E-state index < -0.39 is 0 Å². The molecule has 1 aromatic heterocycles. The molecule has 2 aliphatic heterocycles. The Kier molecular flexibility index (Phi) is 4.42. The Morgan fingerprint density at radius 1 is 1.57 bits per heavy atom. The molecule has 2 fully saturated rings. The number of nitrogens with zero attached hydrogens (tertiary/aromatic N) is 2. The summed E-state index contributed by atoms with van der Waals surface area (Å²) >= 11 is 5.88. The van der Waals surface area contributed by atoms with Gasteiger partial charge in [-0.3, -0.25) is 9.69 Å². The minimum atomic E-state index is -0.130. The van der Waals surface area contributed by atoms with Gasteiger partial charge >= 0.3 is 0 Å². The van der Waals surface area contributed by atoms with Crippen LogP contribution in [-0.4, -0.2) is 54.2 Å². The monoisotopic (exact) mass is 309 g/mol. The van der Waals surface area contributed by atoms with E-state index in [1.807, 2.05) is 6.92 Å². The Morgan fingerprint density at radius 2 is 2.43 bits per heavy atom. The van der Waals surface area contributed by atoms with Crippen molar-refractivity contribution in [1.29, 1.82) is 0 Å². The molecule has 1 amide bonds. The number of morpholine rings is 1. The molecule has 0 spiro atoms. The number of carbonyl (C=O) groups is 1. The van der Waals surface area contributed by atoms with E-state index in [0.29, 0.717) is 23.3 Å². The quantitative estimate of drug-likeness (QED) is 0.862. The second-order valence-electron chi connectivity index (χ2n) is 5.78. The number of fused-ring (bicyclic) bond motifs is 1. The third-order valence-corrected chi connectivity index (χ3v) is 4.33. The molecule has 0 aromatic carbocycles. The van der Waals surface area contributed by atoms with Crippen molar-refractivity contribution in [2.24, 2.45) is 0 Å². The number of pyridine rings is 1. The predicted molar refractivity (Wildman–Crippen MR) is 80.7 cm³/mol. The molecule has 6 heteroatoms. The van der Waals surface area contributed by atoms with Crippen LogP contribution in [0.1, 0.15) is 28.9 Å². The number of rotatable bonds is 3. The van der Waals surface area contributed by atoms with E-state index in [9.17, 15) is 4.79 Å². The smallest absolute Gasteiger partial charge is 0.251 e. The van der Waals surface area contributed by atoms with E-state index in [1.54, 1.807) is 12.1 Å².